The molecule has 1 fully saturated rings. The second kappa shape index (κ2) is 7.46. The molecule has 26 heavy (non-hydrogen) atoms. The minimum atomic E-state index is -3.35. The fourth-order valence-corrected chi connectivity index (χ4v) is 4.14. The lowest BCUT2D eigenvalue weighted by Gasteiger charge is -2.39. The van der Waals surface area contributed by atoms with Crippen LogP contribution in [0.5, 0.6) is 5.88 Å². The zero-order chi connectivity index (χ0) is 18.7. The molecule has 1 aromatic carbocycles. The summed E-state index contributed by atoms with van der Waals surface area (Å²) in [5.74, 6) is 1.21. The van der Waals surface area contributed by atoms with E-state index < -0.39 is 10.0 Å². The number of rotatable bonds is 5. The third-order valence-electron chi connectivity index (χ3n) is 4.45. The van der Waals surface area contributed by atoms with Gasteiger partial charge in [-0.3, -0.25) is 0 Å². The van der Waals surface area contributed by atoms with Crippen molar-refractivity contribution in [1.29, 1.82) is 0 Å². The van der Waals surface area contributed by atoms with E-state index in [2.05, 4.69) is 14.7 Å². The molecule has 1 saturated heterocycles. The quantitative estimate of drug-likeness (QED) is 0.799. The summed E-state index contributed by atoms with van der Waals surface area (Å²) < 4.78 is 31.7. The van der Waals surface area contributed by atoms with Crippen LogP contribution in [0.15, 0.2) is 36.4 Å². The van der Waals surface area contributed by atoms with Crippen LogP contribution in [0.3, 0.4) is 0 Å². The Morgan fingerprint density at radius 3 is 2.65 bits per heavy atom. The van der Waals surface area contributed by atoms with Crippen molar-refractivity contribution >= 4 is 21.8 Å². The zero-order valence-electron chi connectivity index (χ0n) is 14.8. The molecule has 0 saturated carbocycles. The van der Waals surface area contributed by atoms with E-state index in [0.29, 0.717) is 18.2 Å². The Morgan fingerprint density at radius 1 is 1.27 bits per heavy atom. The van der Waals surface area contributed by atoms with Crippen LogP contribution in [0.4, 0.5) is 11.8 Å². The Balaban J connectivity index is 1.88. The third-order valence-corrected chi connectivity index (χ3v) is 5.18. The largest absolute Gasteiger partial charge is 0.481 e. The van der Waals surface area contributed by atoms with Crippen molar-refractivity contribution in [2.75, 3.05) is 37.1 Å². The number of ether oxygens (including phenoxy) is 1. The van der Waals surface area contributed by atoms with Crippen LogP contribution >= 0.6 is 0 Å². The second-order valence-electron chi connectivity index (χ2n) is 6.38. The summed E-state index contributed by atoms with van der Waals surface area (Å²) in [7, 11) is -1.83. The Labute approximate surface area is 153 Å². The van der Waals surface area contributed by atoms with Crippen molar-refractivity contribution in [2.24, 2.45) is 0 Å². The number of benzene rings is 1. The summed E-state index contributed by atoms with van der Waals surface area (Å²) in [6.45, 7) is 1.20. The number of nitrogens with zero attached hydrogens (tertiary/aromatic N) is 3. The van der Waals surface area contributed by atoms with Crippen molar-refractivity contribution in [3.05, 3.63) is 42.0 Å². The molecule has 1 aliphatic heterocycles. The van der Waals surface area contributed by atoms with Crippen LogP contribution in [0.25, 0.3) is 0 Å². The fourth-order valence-electron chi connectivity index (χ4n) is 3.35. The average molecular weight is 377 g/mol. The van der Waals surface area contributed by atoms with E-state index in [-0.39, 0.29) is 17.9 Å². The Hall–Kier alpha value is -2.39. The predicted octanol–water partition coefficient (Wildman–Crippen LogP) is 0.979. The molecule has 0 bridgehead atoms. The van der Waals surface area contributed by atoms with E-state index in [4.69, 9.17) is 10.5 Å². The second-order valence-corrected chi connectivity index (χ2v) is 8.16. The van der Waals surface area contributed by atoms with E-state index in [1.807, 2.05) is 35.2 Å². The number of sulfonamides is 1. The highest BCUT2D eigenvalue weighted by molar-refractivity contribution is 7.88. The highest BCUT2D eigenvalue weighted by atomic mass is 32.2. The van der Waals surface area contributed by atoms with Crippen LogP contribution < -0.4 is 20.1 Å². The molecular formula is C17H23N5O3S. The van der Waals surface area contributed by atoms with Crippen LogP contribution in [0.2, 0.25) is 0 Å². The number of nitrogens with two attached hydrogens (primary N) is 1. The minimum Gasteiger partial charge on any atom is -0.481 e. The van der Waals surface area contributed by atoms with Gasteiger partial charge >= 0.3 is 0 Å². The van der Waals surface area contributed by atoms with E-state index in [0.717, 1.165) is 18.5 Å². The first kappa shape index (κ1) is 18.4. The first-order valence-electron chi connectivity index (χ1n) is 8.31. The summed E-state index contributed by atoms with van der Waals surface area (Å²) in [6, 6.07) is 11.4. The predicted molar refractivity (Wildman–Crippen MR) is 101 cm³/mol. The number of nitrogen functional groups attached to an aromatic ring is 1. The molecule has 9 heteroatoms. The summed E-state index contributed by atoms with van der Waals surface area (Å²) in [5, 5.41) is 0. The fraction of sp³-hybridized carbons (Fsp3) is 0.412. The molecule has 3 N–H and O–H groups in total. The topological polar surface area (TPSA) is 110 Å². The summed E-state index contributed by atoms with van der Waals surface area (Å²) in [5.41, 5.74) is 6.87. The lowest BCUT2D eigenvalue weighted by Crippen LogP contribution is -2.51. The first-order valence-corrected chi connectivity index (χ1v) is 10.2. The smallest absolute Gasteiger partial charge is 0.225 e. The SMILES string of the molecule is COc1cc(N2CC[C@@H](c3ccccc3)[C@@H](NS(C)(=O)=O)C2)nc(N)n1. The van der Waals surface area contributed by atoms with Gasteiger partial charge in [0.25, 0.3) is 0 Å². The van der Waals surface area contributed by atoms with E-state index in [9.17, 15) is 8.42 Å². The Bertz CT molecular complexity index is 860. The van der Waals surface area contributed by atoms with Gasteiger partial charge in [0.1, 0.15) is 5.82 Å². The van der Waals surface area contributed by atoms with Crippen molar-refractivity contribution in [2.45, 2.75) is 18.4 Å². The van der Waals surface area contributed by atoms with E-state index in [1.54, 1.807) is 6.07 Å². The molecule has 0 aliphatic carbocycles. The van der Waals surface area contributed by atoms with Gasteiger partial charge in [0.2, 0.25) is 21.9 Å². The van der Waals surface area contributed by atoms with Crippen LogP contribution in [0, 0.1) is 0 Å². The summed E-state index contributed by atoms with van der Waals surface area (Å²) in [4.78, 5) is 10.3. The number of aromatic nitrogens is 2. The number of nitrogens with one attached hydrogen (secondary N) is 1. The highest BCUT2D eigenvalue weighted by Crippen LogP contribution is 2.31. The average Bonchev–Trinajstić information content (AvgIpc) is 2.60. The number of hydrogen-bond acceptors (Lipinski definition) is 7. The van der Waals surface area contributed by atoms with Crippen LogP contribution in [-0.4, -0.2) is 50.9 Å². The molecule has 2 heterocycles. The molecule has 0 spiro atoms. The van der Waals surface area contributed by atoms with Gasteiger partial charge in [-0.15, -0.1) is 0 Å². The van der Waals surface area contributed by atoms with E-state index >= 15 is 0 Å². The maximum Gasteiger partial charge on any atom is 0.225 e. The van der Waals surface area contributed by atoms with Gasteiger partial charge in [0, 0.05) is 31.1 Å². The zero-order valence-corrected chi connectivity index (χ0v) is 15.6. The molecule has 8 nitrogen and oxygen atoms in total. The van der Waals surface area contributed by atoms with Crippen molar-refractivity contribution in [1.82, 2.24) is 14.7 Å². The molecule has 0 amide bonds. The molecule has 1 aliphatic rings. The van der Waals surface area contributed by atoms with Gasteiger partial charge in [-0.1, -0.05) is 30.3 Å². The number of methoxy groups -OCH3 is 1. The highest BCUT2D eigenvalue weighted by Gasteiger charge is 2.33. The van der Waals surface area contributed by atoms with Crippen molar-refractivity contribution in [3.63, 3.8) is 0 Å². The van der Waals surface area contributed by atoms with Crippen LogP contribution in [0.1, 0.15) is 17.9 Å². The maximum atomic E-state index is 11.9. The number of hydrogen-bond donors (Lipinski definition) is 2. The lowest BCUT2D eigenvalue weighted by atomic mass is 9.86. The summed E-state index contributed by atoms with van der Waals surface area (Å²) in [6.07, 6.45) is 1.96. The Morgan fingerprint density at radius 2 is 2.00 bits per heavy atom. The van der Waals surface area contributed by atoms with Gasteiger partial charge < -0.3 is 15.4 Å². The standard InChI is InChI=1S/C17H23N5O3S/c1-25-16-10-15(19-17(18)20-16)22-9-8-13(12-6-4-3-5-7-12)14(11-22)21-26(2,23)24/h3-7,10,13-14,21H,8-9,11H2,1-2H3,(H2,18,19,20)/t13-,14-/m0/s1. The molecule has 0 radical (unpaired) electrons. The molecular weight excluding hydrogens is 354 g/mol. The number of piperidine rings is 1. The molecule has 1 aromatic heterocycles. The molecule has 2 atom stereocenters. The normalized spacial score (nSPS) is 20.8. The minimum absolute atomic E-state index is 0.0863. The van der Waals surface area contributed by atoms with Gasteiger partial charge in [-0.2, -0.15) is 9.97 Å². The van der Waals surface area contributed by atoms with E-state index in [1.165, 1.54) is 13.4 Å². The van der Waals surface area contributed by atoms with Gasteiger partial charge in [-0.05, 0) is 12.0 Å². The van der Waals surface area contributed by atoms with Gasteiger partial charge in [0.15, 0.2) is 0 Å². The summed E-state index contributed by atoms with van der Waals surface area (Å²) >= 11 is 0. The molecule has 140 valence electrons. The van der Waals surface area contributed by atoms with Crippen molar-refractivity contribution < 1.29 is 13.2 Å². The molecule has 3 rings (SSSR count). The molecule has 2 aromatic rings. The lowest BCUT2D eigenvalue weighted by molar-refractivity contribution is 0.394. The van der Waals surface area contributed by atoms with Crippen LogP contribution in [-0.2, 0) is 10.0 Å². The third kappa shape index (κ3) is 4.41. The first-order chi connectivity index (χ1) is 12.4. The van der Waals surface area contributed by atoms with Gasteiger partial charge in [0.05, 0.1) is 13.4 Å². The van der Waals surface area contributed by atoms with Gasteiger partial charge in [-0.25, -0.2) is 13.1 Å². The molecule has 0 unspecified atom stereocenters. The monoisotopic (exact) mass is 377 g/mol. The maximum absolute atomic E-state index is 11.9. The Kier molecular flexibility index (Phi) is 5.28. The number of anilines is 2. The van der Waals surface area contributed by atoms with Crippen molar-refractivity contribution in [3.8, 4) is 5.88 Å².